The molecule has 0 bridgehead atoms. The Balaban J connectivity index is 0. The summed E-state index contributed by atoms with van der Waals surface area (Å²) in [5.74, 6) is -1.58. The highest BCUT2D eigenvalue weighted by Gasteiger charge is 1.95. The summed E-state index contributed by atoms with van der Waals surface area (Å²) < 4.78 is 0. The largest absolute Gasteiger partial charge is 0.481 e. The topological polar surface area (TPSA) is 74.6 Å². The molecule has 0 aromatic heterocycles. The summed E-state index contributed by atoms with van der Waals surface area (Å²) >= 11 is 0. The van der Waals surface area contributed by atoms with E-state index in [9.17, 15) is 9.59 Å². The van der Waals surface area contributed by atoms with Gasteiger partial charge in [-0.2, -0.15) is 0 Å². The fourth-order valence-electron chi connectivity index (χ4n) is 2.34. The van der Waals surface area contributed by atoms with E-state index < -0.39 is 11.9 Å². The molecule has 0 aromatic rings. The van der Waals surface area contributed by atoms with E-state index in [-0.39, 0.29) is 0 Å². The Morgan fingerprint density at radius 2 is 1.32 bits per heavy atom. The van der Waals surface area contributed by atoms with Gasteiger partial charge in [-0.15, -0.1) is 0 Å². The second-order valence-corrected chi connectivity index (χ2v) is 6.60. The van der Waals surface area contributed by atoms with Crippen LogP contribution < -0.4 is 0 Å². The molecule has 0 saturated carbocycles. The highest BCUT2D eigenvalue weighted by atomic mass is 16.4. The van der Waals surface area contributed by atoms with Crippen molar-refractivity contribution in [3.8, 4) is 0 Å². The van der Waals surface area contributed by atoms with Crippen molar-refractivity contribution in [3.05, 3.63) is 48.6 Å². The van der Waals surface area contributed by atoms with Crippen LogP contribution in [0.5, 0.6) is 0 Å². The highest BCUT2D eigenvalue weighted by Crippen LogP contribution is 2.08. The lowest BCUT2D eigenvalue weighted by atomic mass is 10.1. The zero-order valence-electron chi connectivity index (χ0n) is 17.8. The third-order valence-corrected chi connectivity index (χ3v) is 3.88. The van der Waals surface area contributed by atoms with Crippen LogP contribution in [-0.2, 0) is 9.59 Å². The van der Waals surface area contributed by atoms with Gasteiger partial charge in [-0.3, -0.25) is 4.79 Å². The molecule has 28 heavy (non-hydrogen) atoms. The van der Waals surface area contributed by atoms with E-state index >= 15 is 0 Å². The van der Waals surface area contributed by atoms with Crippen LogP contribution in [0.2, 0.25) is 0 Å². The number of allylic oxidation sites excluding steroid dienone is 7. The lowest BCUT2D eigenvalue weighted by molar-refractivity contribution is -0.137. The monoisotopic (exact) mass is 392 g/mol. The van der Waals surface area contributed by atoms with E-state index in [4.69, 9.17) is 10.2 Å². The number of carboxylic acids is 2. The zero-order valence-corrected chi connectivity index (χ0v) is 17.8. The predicted octanol–water partition coefficient (Wildman–Crippen LogP) is 7.09. The van der Waals surface area contributed by atoms with Gasteiger partial charge in [-0.25, -0.2) is 4.79 Å². The van der Waals surface area contributed by atoms with Crippen molar-refractivity contribution in [3.63, 3.8) is 0 Å². The van der Waals surface area contributed by atoms with E-state index in [0.29, 0.717) is 6.42 Å². The molecule has 4 heteroatoms. The molecule has 0 aromatic carbocycles. The number of aliphatic carboxylic acids is 2. The smallest absolute Gasteiger partial charge is 0.328 e. The summed E-state index contributed by atoms with van der Waals surface area (Å²) in [4.78, 5) is 20.1. The Bertz CT molecular complexity index is 473. The normalized spacial score (nSPS) is 11.5. The van der Waals surface area contributed by atoms with Gasteiger partial charge in [-0.05, 0) is 45.4 Å². The average Bonchev–Trinajstić information content (AvgIpc) is 2.65. The van der Waals surface area contributed by atoms with Crippen molar-refractivity contribution < 1.29 is 19.8 Å². The van der Waals surface area contributed by atoms with Crippen molar-refractivity contribution in [2.45, 2.75) is 90.9 Å². The first-order valence-corrected chi connectivity index (χ1v) is 10.6. The minimum absolute atomic E-state index is 0.324. The van der Waals surface area contributed by atoms with Crippen LogP contribution in [0.15, 0.2) is 48.6 Å². The molecule has 0 aliphatic heterocycles. The van der Waals surface area contributed by atoms with E-state index in [0.717, 1.165) is 31.8 Å². The van der Waals surface area contributed by atoms with Crippen molar-refractivity contribution in [1.29, 1.82) is 0 Å². The van der Waals surface area contributed by atoms with Crippen molar-refractivity contribution in [2.24, 2.45) is 0 Å². The van der Waals surface area contributed by atoms with Gasteiger partial charge < -0.3 is 10.2 Å². The second-order valence-electron chi connectivity index (χ2n) is 6.60. The van der Waals surface area contributed by atoms with Crippen LogP contribution in [-0.4, -0.2) is 22.2 Å². The lowest BCUT2D eigenvalue weighted by Gasteiger charge is -1.98. The quantitative estimate of drug-likeness (QED) is 0.127. The van der Waals surface area contributed by atoms with Gasteiger partial charge in [0.25, 0.3) is 0 Å². The van der Waals surface area contributed by atoms with E-state index in [1.807, 2.05) is 6.92 Å². The molecule has 2 N–H and O–H groups in total. The van der Waals surface area contributed by atoms with Crippen LogP contribution in [0.25, 0.3) is 0 Å². The predicted molar refractivity (Wildman–Crippen MR) is 119 cm³/mol. The molecule has 0 spiro atoms. The third-order valence-electron chi connectivity index (χ3n) is 3.88. The molecule has 0 radical (unpaired) electrons. The Labute approximate surface area is 171 Å². The average molecular weight is 393 g/mol. The fourth-order valence-corrected chi connectivity index (χ4v) is 2.34. The SMILES string of the molecule is CC=CC=CC(=O)O.CCCCC/C=C\C/C=C\CCCCCCCC(=O)O. The summed E-state index contributed by atoms with van der Waals surface area (Å²) in [5, 5.41) is 16.5. The van der Waals surface area contributed by atoms with Crippen LogP contribution in [0.3, 0.4) is 0 Å². The molecular formula is C24H40O4. The van der Waals surface area contributed by atoms with E-state index in [2.05, 4.69) is 31.2 Å². The summed E-state index contributed by atoms with van der Waals surface area (Å²) in [5.41, 5.74) is 0. The molecule has 0 fully saturated rings. The first-order valence-electron chi connectivity index (χ1n) is 10.6. The van der Waals surface area contributed by atoms with Gasteiger partial charge in [0.15, 0.2) is 0 Å². The molecule has 0 aliphatic rings. The third kappa shape index (κ3) is 31.6. The Morgan fingerprint density at radius 3 is 1.86 bits per heavy atom. The minimum Gasteiger partial charge on any atom is -0.481 e. The van der Waals surface area contributed by atoms with Crippen molar-refractivity contribution in [1.82, 2.24) is 0 Å². The molecule has 160 valence electrons. The Kier molecular flexibility index (Phi) is 25.0. The summed E-state index contributed by atoms with van der Waals surface area (Å²) in [6.45, 7) is 4.06. The first-order chi connectivity index (χ1) is 13.5. The van der Waals surface area contributed by atoms with Crippen LogP contribution in [0, 0.1) is 0 Å². The molecule has 0 atom stereocenters. The maximum atomic E-state index is 10.3. The summed E-state index contributed by atoms with van der Waals surface area (Å²) in [6.07, 6.45) is 28.3. The lowest BCUT2D eigenvalue weighted by Crippen LogP contribution is -1.93. The number of rotatable bonds is 16. The standard InChI is InChI=1S/C18H32O2.C6H8O2/c1-2-3-4-5-6-7-8-9-10-11-12-13-14-15-16-17-18(19)20;1-2-3-4-5-6(7)8/h6-7,9-10H,2-5,8,11-17H2,1H3,(H,19,20);2-5H,1H3,(H,7,8)/b7-6-,10-9-;. The summed E-state index contributed by atoms with van der Waals surface area (Å²) in [6, 6.07) is 0. The number of carbonyl (C=O) groups is 2. The van der Waals surface area contributed by atoms with Gasteiger partial charge in [-0.1, -0.05) is 81.6 Å². The molecule has 4 nitrogen and oxygen atoms in total. The molecule has 0 aliphatic carbocycles. The Morgan fingerprint density at radius 1 is 0.750 bits per heavy atom. The molecule has 0 rings (SSSR count). The van der Waals surface area contributed by atoms with Crippen LogP contribution in [0.4, 0.5) is 0 Å². The Hall–Kier alpha value is -2.10. The van der Waals surface area contributed by atoms with E-state index in [1.165, 1.54) is 51.0 Å². The molecule has 0 heterocycles. The highest BCUT2D eigenvalue weighted by molar-refractivity contribution is 5.80. The summed E-state index contributed by atoms with van der Waals surface area (Å²) in [7, 11) is 0. The van der Waals surface area contributed by atoms with Crippen molar-refractivity contribution in [2.75, 3.05) is 0 Å². The van der Waals surface area contributed by atoms with Gasteiger partial charge in [0.05, 0.1) is 0 Å². The minimum atomic E-state index is -0.914. The fraction of sp³-hybridized carbons (Fsp3) is 0.583. The van der Waals surface area contributed by atoms with Crippen LogP contribution >= 0.6 is 0 Å². The molecule has 0 saturated heterocycles. The zero-order chi connectivity index (χ0) is 21.3. The number of unbranched alkanes of at least 4 members (excludes halogenated alkanes) is 8. The van der Waals surface area contributed by atoms with Gasteiger partial charge >= 0.3 is 11.9 Å². The maximum Gasteiger partial charge on any atom is 0.328 e. The van der Waals surface area contributed by atoms with Gasteiger partial charge in [0.1, 0.15) is 0 Å². The van der Waals surface area contributed by atoms with Gasteiger partial charge in [0.2, 0.25) is 0 Å². The molecular weight excluding hydrogens is 352 g/mol. The van der Waals surface area contributed by atoms with E-state index in [1.54, 1.807) is 12.2 Å². The molecule has 0 amide bonds. The first kappa shape index (κ1) is 28.1. The number of hydrogen-bond donors (Lipinski definition) is 2. The second kappa shape index (κ2) is 24.9. The maximum absolute atomic E-state index is 10.3. The van der Waals surface area contributed by atoms with Crippen LogP contribution in [0.1, 0.15) is 90.9 Å². The number of carboxylic acid groups (broad SMARTS) is 2. The van der Waals surface area contributed by atoms with Crippen molar-refractivity contribution >= 4 is 11.9 Å². The number of hydrogen-bond acceptors (Lipinski definition) is 2. The molecule has 0 unspecified atom stereocenters. The van der Waals surface area contributed by atoms with Gasteiger partial charge in [0, 0.05) is 12.5 Å².